The lowest BCUT2D eigenvalue weighted by atomic mass is 9.99. The monoisotopic (exact) mass is 439 g/mol. The van der Waals surface area contributed by atoms with Crippen LogP contribution in [0.25, 0.3) is 11.0 Å². The molecule has 11 nitrogen and oxygen atoms in total. The van der Waals surface area contributed by atoms with Crippen LogP contribution in [0.5, 0.6) is 11.5 Å². The van der Waals surface area contributed by atoms with E-state index in [1.807, 2.05) is 4.90 Å². The summed E-state index contributed by atoms with van der Waals surface area (Å²) in [6.45, 7) is 1.95. The van der Waals surface area contributed by atoms with Gasteiger partial charge in [-0.15, -0.1) is 0 Å². The van der Waals surface area contributed by atoms with E-state index in [4.69, 9.17) is 18.6 Å². The van der Waals surface area contributed by atoms with Gasteiger partial charge in [0.2, 0.25) is 6.29 Å². The normalized spacial score (nSPS) is 29.9. The summed E-state index contributed by atoms with van der Waals surface area (Å²) in [5.74, 6) is -0.390. The van der Waals surface area contributed by atoms with Crippen LogP contribution in [0.15, 0.2) is 27.4 Å². The summed E-state index contributed by atoms with van der Waals surface area (Å²) >= 11 is 0. The molecular weight excluding hydrogens is 414 g/mol. The number of phenolic OH excluding ortho intramolecular Hbond substituents is 1. The minimum Gasteiger partial charge on any atom is -0.504 e. The summed E-state index contributed by atoms with van der Waals surface area (Å²) in [6, 6.07) is 4.16. The molecule has 1 aromatic heterocycles. The van der Waals surface area contributed by atoms with Crippen molar-refractivity contribution in [1.29, 1.82) is 0 Å². The molecule has 2 aromatic rings. The number of phenols is 1. The number of benzene rings is 1. The maximum absolute atomic E-state index is 11.8. The lowest BCUT2D eigenvalue weighted by Gasteiger charge is -2.39. The maximum Gasteiger partial charge on any atom is 0.336 e. The molecule has 0 radical (unpaired) electrons. The van der Waals surface area contributed by atoms with Gasteiger partial charge in [-0.1, -0.05) is 0 Å². The van der Waals surface area contributed by atoms with Gasteiger partial charge in [-0.05, 0) is 12.1 Å². The number of aliphatic hydroxyl groups is 4. The third-order valence-corrected chi connectivity index (χ3v) is 5.52. The van der Waals surface area contributed by atoms with Crippen molar-refractivity contribution < 1.29 is 44.2 Å². The fourth-order valence-corrected chi connectivity index (χ4v) is 3.75. The van der Waals surface area contributed by atoms with Crippen molar-refractivity contribution in [2.24, 2.45) is 0 Å². The van der Waals surface area contributed by atoms with E-state index in [0.29, 0.717) is 37.3 Å². The smallest absolute Gasteiger partial charge is 0.336 e. The Kier molecular flexibility index (Phi) is 6.44. The van der Waals surface area contributed by atoms with E-state index in [-0.39, 0.29) is 23.6 Å². The summed E-state index contributed by atoms with van der Waals surface area (Å²) in [7, 11) is 0. The van der Waals surface area contributed by atoms with E-state index in [9.17, 15) is 30.3 Å². The first-order valence-electron chi connectivity index (χ1n) is 9.95. The Morgan fingerprint density at radius 2 is 1.84 bits per heavy atom. The molecule has 4 rings (SSSR count). The largest absolute Gasteiger partial charge is 0.504 e. The maximum atomic E-state index is 11.8. The fourth-order valence-electron chi connectivity index (χ4n) is 3.75. The van der Waals surface area contributed by atoms with Crippen molar-refractivity contribution in [3.63, 3.8) is 0 Å². The van der Waals surface area contributed by atoms with Gasteiger partial charge < -0.3 is 44.2 Å². The van der Waals surface area contributed by atoms with Gasteiger partial charge in [0.1, 0.15) is 30.0 Å². The van der Waals surface area contributed by atoms with Crippen LogP contribution in [0.4, 0.5) is 0 Å². The van der Waals surface area contributed by atoms with Crippen LogP contribution in [0.1, 0.15) is 5.56 Å². The Hall–Kier alpha value is -2.25. The molecule has 2 aliphatic rings. The van der Waals surface area contributed by atoms with E-state index in [1.54, 1.807) is 0 Å². The number of aromatic hydroxyl groups is 1. The summed E-state index contributed by atoms with van der Waals surface area (Å²) in [5.41, 5.74) is -0.0490. The molecule has 0 amide bonds. The number of fused-ring (bicyclic) bond motifs is 1. The Bertz CT molecular complexity index is 970. The topological polar surface area (TPSA) is 162 Å². The molecule has 1 aromatic carbocycles. The van der Waals surface area contributed by atoms with Gasteiger partial charge in [-0.25, -0.2) is 4.79 Å². The van der Waals surface area contributed by atoms with Crippen LogP contribution >= 0.6 is 0 Å². The first-order chi connectivity index (χ1) is 14.9. The summed E-state index contributed by atoms with van der Waals surface area (Å²) in [6.07, 6.45) is -7.41. The Morgan fingerprint density at radius 1 is 1.10 bits per heavy atom. The van der Waals surface area contributed by atoms with Gasteiger partial charge >= 0.3 is 5.63 Å². The van der Waals surface area contributed by atoms with Crippen molar-refractivity contribution in [3.05, 3.63) is 34.2 Å². The highest BCUT2D eigenvalue weighted by molar-refractivity contribution is 5.84. The average Bonchev–Trinajstić information content (AvgIpc) is 2.78. The number of aliphatic hydroxyl groups excluding tert-OH is 4. The van der Waals surface area contributed by atoms with E-state index < -0.39 is 42.9 Å². The second-order valence-corrected chi connectivity index (χ2v) is 7.58. The molecule has 170 valence electrons. The average molecular weight is 439 g/mol. The molecule has 5 N–H and O–H groups in total. The number of hydrogen-bond donors (Lipinski definition) is 5. The van der Waals surface area contributed by atoms with E-state index in [1.165, 1.54) is 18.2 Å². The predicted octanol–water partition coefficient (Wildman–Crippen LogP) is -1.49. The van der Waals surface area contributed by atoms with Gasteiger partial charge in [-0.3, -0.25) is 4.90 Å². The number of rotatable bonds is 5. The van der Waals surface area contributed by atoms with Crippen molar-refractivity contribution in [1.82, 2.24) is 4.90 Å². The minimum absolute atomic E-state index is 0.0751. The number of morpholine rings is 1. The highest BCUT2D eigenvalue weighted by Crippen LogP contribution is 2.39. The molecule has 2 saturated heterocycles. The van der Waals surface area contributed by atoms with Gasteiger partial charge in [0.15, 0.2) is 11.5 Å². The number of ether oxygens (including phenoxy) is 3. The first-order valence-corrected chi connectivity index (χ1v) is 9.95. The third kappa shape index (κ3) is 4.39. The molecule has 3 heterocycles. The Labute approximate surface area is 176 Å². The Morgan fingerprint density at radius 3 is 2.55 bits per heavy atom. The van der Waals surface area contributed by atoms with Crippen LogP contribution in [0.2, 0.25) is 0 Å². The molecule has 0 spiro atoms. The quantitative estimate of drug-likeness (QED) is 0.345. The summed E-state index contributed by atoms with van der Waals surface area (Å²) < 4.78 is 21.7. The molecule has 0 unspecified atom stereocenters. The predicted molar refractivity (Wildman–Crippen MR) is 105 cm³/mol. The molecule has 5 atom stereocenters. The van der Waals surface area contributed by atoms with E-state index >= 15 is 0 Å². The van der Waals surface area contributed by atoms with Crippen LogP contribution in [-0.2, 0) is 16.0 Å². The lowest BCUT2D eigenvalue weighted by molar-refractivity contribution is -0.277. The number of nitrogens with zero attached hydrogens (tertiary/aromatic N) is 1. The van der Waals surface area contributed by atoms with Crippen LogP contribution in [0.3, 0.4) is 0 Å². The van der Waals surface area contributed by atoms with Gasteiger partial charge in [0, 0.05) is 31.1 Å². The highest BCUT2D eigenvalue weighted by Gasteiger charge is 2.45. The van der Waals surface area contributed by atoms with E-state index in [0.717, 1.165) is 0 Å². The Balaban J connectivity index is 1.70. The molecule has 2 aliphatic heterocycles. The van der Waals surface area contributed by atoms with Gasteiger partial charge in [0.05, 0.1) is 25.4 Å². The van der Waals surface area contributed by atoms with Gasteiger partial charge in [0.25, 0.3) is 0 Å². The minimum atomic E-state index is -1.63. The van der Waals surface area contributed by atoms with Crippen LogP contribution < -0.4 is 10.4 Å². The zero-order chi connectivity index (χ0) is 22.1. The standard InChI is InChI=1S/C20H25NO10/c22-9-13-16(25)17(26)18(27)20(30-13)29-12-7-10-1-2-14(23)31-19(10)11(15(12)24)8-21-3-5-28-6-4-21/h1-2,7,13,16-18,20,22,24-27H,3-6,8-9H2/t13-,16-,17+,18-,20-/m1/s1. The van der Waals surface area contributed by atoms with Crippen LogP contribution in [-0.4, -0.2) is 94.0 Å². The van der Waals surface area contributed by atoms with Crippen molar-refractivity contribution in [2.45, 2.75) is 37.3 Å². The highest BCUT2D eigenvalue weighted by atomic mass is 16.7. The second-order valence-electron chi connectivity index (χ2n) is 7.58. The van der Waals surface area contributed by atoms with E-state index in [2.05, 4.69) is 0 Å². The number of hydrogen-bond acceptors (Lipinski definition) is 11. The molecule has 2 fully saturated rings. The SMILES string of the molecule is O=c1ccc2cc(O[C@@H]3O[C@H](CO)[C@@H](O)[C@H](O)[C@H]3O)c(O)c(CN3CCOCC3)c2o1. The van der Waals surface area contributed by atoms with Gasteiger partial charge in [-0.2, -0.15) is 0 Å². The molecule has 11 heteroatoms. The fraction of sp³-hybridized carbons (Fsp3) is 0.550. The molecule has 31 heavy (non-hydrogen) atoms. The van der Waals surface area contributed by atoms with Crippen LogP contribution in [0, 0.1) is 0 Å². The molecule has 0 saturated carbocycles. The van der Waals surface area contributed by atoms with Crippen molar-refractivity contribution in [2.75, 3.05) is 32.9 Å². The third-order valence-electron chi connectivity index (χ3n) is 5.52. The molecule has 0 aliphatic carbocycles. The van der Waals surface area contributed by atoms with Crippen molar-refractivity contribution in [3.8, 4) is 11.5 Å². The zero-order valence-corrected chi connectivity index (χ0v) is 16.6. The van der Waals surface area contributed by atoms with Crippen molar-refractivity contribution >= 4 is 11.0 Å². The second kappa shape index (κ2) is 9.09. The summed E-state index contributed by atoms with van der Waals surface area (Å²) in [4.78, 5) is 13.8. The zero-order valence-electron chi connectivity index (χ0n) is 16.6. The molecule has 0 bridgehead atoms. The summed E-state index contributed by atoms with van der Waals surface area (Å²) in [5, 5.41) is 50.9. The molecular formula is C20H25NO10. The lowest BCUT2D eigenvalue weighted by Crippen LogP contribution is -2.60. The first kappa shape index (κ1) is 22.0.